The Labute approximate surface area is 200 Å². The van der Waals surface area contributed by atoms with Crippen LogP contribution in [0.1, 0.15) is 45.6 Å². The molecule has 5 atom stereocenters. The summed E-state index contributed by atoms with van der Waals surface area (Å²) >= 11 is 1.53. The van der Waals surface area contributed by atoms with Crippen molar-refractivity contribution in [3.63, 3.8) is 0 Å². The lowest BCUT2D eigenvalue weighted by atomic mass is 9.43. The lowest BCUT2D eigenvalue weighted by molar-refractivity contribution is -0.199. The summed E-state index contributed by atoms with van der Waals surface area (Å²) in [5, 5.41) is 13.2. The van der Waals surface area contributed by atoms with Crippen molar-refractivity contribution in [2.45, 2.75) is 64.1 Å². The number of aliphatic hydroxyl groups excluding tert-OH is 1. The number of aliphatic hydroxyl groups is 1. The first-order valence-corrected chi connectivity index (χ1v) is 13.2. The van der Waals surface area contributed by atoms with Gasteiger partial charge in [0.1, 0.15) is 5.58 Å². The van der Waals surface area contributed by atoms with E-state index >= 15 is 0 Å². The number of hydrogen-bond acceptors (Lipinski definition) is 6. The molecule has 33 heavy (non-hydrogen) atoms. The topological polar surface area (TPSA) is 80.9 Å². The molecular weight excluding hydrogens is 437 g/mol. The fourth-order valence-electron chi connectivity index (χ4n) is 6.29. The van der Waals surface area contributed by atoms with Gasteiger partial charge in [-0.2, -0.15) is 11.8 Å². The highest BCUT2D eigenvalue weighted by atomic mass is 32.2. The number of thioether (sulfide) groups is 1. The second-order valence-corrected chi connectivity index (χ2v) is 11.7. The first kappa shape index (κ1) is 23.3. The summed E-state index contributed by atoms with van der Waals surface area (Å²) in [6.07, 6.45) is 5.33. The van der Waals surface area contributed by atoms with Gasteiger partial charge in [-0.1, -0.05) is 32.0 Å². The molecule has 6 nitrogen and oxygen atoms in total. The monoisotopic (exact) mass is 471 g/mol. The number of fused-ring (bicyclic) bond motifs is 1. The van der Waals surface area contributed by atoms with E-state index in [0.29, 0.717) is 30.4 Å². The summed E-state index contributed by atoms with van der Waals surface area (Å²) in [4.78, 5) is 12.8. The molecule has 4 fully saturated rings. The summed E-state index contributed by atoms with van der Waals surface area (Å²) < 4.78 is 19.0. The van der Waals surface area contributed by atoms with Gasteiger partial charge in [-0.3, -0.25) is 4.79 Å². The normalized spacial score (nSPS) is 30.7. The molecule has 1 amide bonds. The van der Waals surface area contributed by atoms with Gasteiger partial charge in [0, 0.05) is 12.0 Å². The van der Waals surface area contributed by atoms with Gasteiger partial charge in [-0.25, -0.2) is 0 Å². The van der Waals surface area contributed by atoms with Crippen LogP contribution in [-0.4, -0.2) is 53.9 Å². The molecule has 0 radical (unpaired) electrons. The summed E-state index contributed by atoms with van der Waals surface area (Å²) in [6.45, 7) is 7.05. The Kier molecular flexibility index (Phi) is 6.31. The minimum atomic E-state index is -0.491. The molecule has 8 heteroatoms. The molecule has 178 valence electrons. The SMILES string of the molecule is CC1(C)C2CC1[C@]1(C)OB([C@H](Cc3coc4ccccc34)NC(=O)CSCCCO)O[C@@H]1C2. The molecule has 3 saturated carbocycles. The van der Waals surface area contributed by atoms with Crippen molar-refractivity contribution >= 4 is 35.8 Å². The molecule has 4 aliphatic rings. The molecule has 2 aromatic rings. The Morgan fingerprint density at radius 3 is 2.91 bits per heavy atom. The fourth-order valence-corrected chi connectivity index (χ4v) is 7.04. The predicted octanol–water partition coefficient (Wildman–Crippen LogP) is 3.84. The Morgan fingerprint density at radius 1 is 1.30 bits per heavy atom. The smallest absolute Gasteiger partial charge is 0.464 e. The van der Waals surface area contributed by atoms with Crippen molar-refractivity contribution in [3.05, 3.63) is 36.1 Å². The van der Waals surface area contributed by atoms with Gasteiger partial charge in [0.15, 0.2) is 0 Å². The van der Waals surface area contributed by atoms with Crippen LogP contribution in [0.4, 0.5) is 0 Å². The third-order valence-electron chi connectivity index (χ3n) is 8.32. The zero-order chi connectivity index (χ0) is 23.2. The first-order valence-electron chi connectivity index (χ1n) is 12.1. The van der Waals surface area contributed by atoms with Crippen LogP contribution in [0, 0.1) is 17.3 Å². The lowest BCUT2D eigenvalue weighted by Gasteiger charge is -2.64. The van der Waals surface area contributed by atoms with E-state index in [1.165, 1.54) is 18.2 Å². The maximum atomic E-state index is 12.8. The molecule has 1 saturated heterocycles. The number of para-hydroxylation sites is 1. The molecular formula is C25H34BNO5S. The van der Waals surface area contributed by atoms with Gasteiger partial charge >= 0.3 is 7.12 Å². The number of nitrogens with one attached hydrogen (secondary N) is 1. The van der Waals surface area contributed by atoms with Crippen molar-refractivity contribution in [2.75, 3.05) is 18.1 Å². The van der Waals surface area contributed by atoms with E-state index in [-0.39, 0.29) is 35.6 Å². The number of benzene rings is 1. The first-order chi connectivity index (χ1) is 15.8. The highest BCUT2D eigenvalue weighted by Crippen LogP contribution is 2.65. The Hall–Kier alpha value is -1.48. The van der Waals surface area contributed by atoms with E-state index in [1.54, 1.807) is 6.26 Å². The molecule has 2 bridgehead atoms. The standard InChI is InChI=1S/C25H34BNO5S/c1-24(2)17-12-20(24)25(3)21(13-17)31-26(32-25)22(27-23(29)15-33-10-6-9-28)11-16-14-30-19-8-5-4-7-18(16)19/h4-5,7-8,14,17,20-22,28H,6,9-13,15H2,1-3H3,(H,27,29)/t17?,20?,21-,22+,25+/m1/s1. The van der Waals surface area contributed by atoms with Gasteiger partial charge in [0.2, 0.25) is 5.91 Å². The molecule has 1 aliphatic heterocycles. The van der Waals surface area contributed by atoms with E-state index < -0.39 is 7.12 Å². The van der Waals surface area contributed by atoms with Gasteiger partial charge in [0.05, 0.1) is 29.7 Å². The maximum Gasteiger partial charge on any atom is 0.482 e. The average Bonchev–Trinajstić information content (AvgIpc) is 3.36. The van der Waals surface area contributed by atoms with E-state index in [2.05, 4.69) is 26.1 Å². The molecule has 2 unspecified atom stereocenters. The highest BCUT2D eigenvalue weighted by Gasteiger charge is 2.68. The Morgan fingerprint density at radius 2 is 2.12 bits per heavy atom. The van der Waals surface area contributed by atoms with Crippen LogP contribution in [0.15, 0.2) is 34.9 Å². The molecule has 1 aromatic carbocycles. The zero-order valence-corrected chi connectivity index (χ0v) is 20.5. The average molecular weight is 471 g/mol. The summed E-state index contributed by atoms with van der Waals surface area (Å²) in [7, 11) is -0.491. The number of hydrogen-bond donors (Lipinski definition) is 2. The van der Waals surface area contributed by atoms with Gasteiger partial charge in [-0.15, -0.1) is 0 Å². The molecule has 2 heterocycles. The minimum Gasteiger partial charge on any atom is -0.464 e. The van der Waals surface area contributed by atoms with Crippen LogP contribution in [0.3, 0.4) is 0 Å². The maximum absolute atomic E-state index is 12.8. The van der Waals surface area contributed by atoms with E-state index in [0.717, 1.165) is 28.7 Å². The third-order valence-corrected chi connectivity index (χ3v) is 9.37. The van der Waals surface area contributed by atoms with Crippen molar-refractivity contribution in [1.29, 1.82) is 0 Å². The highest BCUT2D eigenvalue weighted by molar-refractivity contribution is 7.99. The Balaban J connectivity index is 1.34. The van der Waals surface area contributed by atoms with Gasteiger partial charge in [-0.05, 0) is 67.2 Å². The number of rotatable bonds is 9. The lowest BCUT2D eigenvalue weighted by Crippen LogP contribution is -2.65. The van der Waals surface area contributed by atoms with Crippen molar-refractivity contribution in [2.24, 2.45) is 17.3 Å². The van der Waals surface area contributed by atoms with Crippen LogP contribution >= 0.6 is 11.8 Å². The third kappa shape index (κ3) is 4.13. The molecule has 3 aliphatic carbocycles. The molecule has 0 spiro atoms. The number of furan rings is 1. The van der Waals surface area contributed by atoms with Crippen molar-refractivity contribution in [1.82, 2.24) is 5.32 Å². The zero-order valence-electron chi connectivity index (χ0n) is 19.7. The second kappa shape index (κ2) is 8.95. The number of carbonyl (C=O) groups excluding carboxylic acids is 1. The number of amides is 1. The van der Waals surface area contributed by atoms with E-state index in [4.69, 9.17) is 18.8 Å². The Bertz CT molecular complexity index is 1010. The number of carbonyl (C=O) groups is 1. The van der Waals surface area contributed by atoms with E-state index in [9.17, 15) is 4.79 Å². The molecule has 2 N–H and O–H groups in total. The summed E-state index contributed by atoms with van der Waals surface area (Å²) in [6, 6.07) is 7.96. The van der Waals surface area contributed by atoms with Crippen molar-refractivity contribution in [3.8, 4) is 0 Å². The van der Waals surface area contributed by atoms with Crippen molar-refractivity contribution < 1.29 is 23.6 Å². The quantitative estimate of drug-likeness (QED) is 0.427. The summed E-state index contributed by atoms with van der Waals surface area (Å²) in [5.41, 5.74) is 1.83. The second-order valence-electron chi connectivity index (χ2n) is 10.6. The largest absolute Gasteiger partial charge is 0.482 e. The van der Waals surface area contributed by atoms with Crippen LogP contribution in [0.5, 0.6) is 0 Å². The predicted molar refractivity (Wildman–Crippen MR) is 131 cm³/mol. The van der Waals surface area contributed by atoms with Crippen LogP contribution in [-0.2, 0) is 20.5 Å². The van der Waals surface area contributed by atoms with Crippen LogP contribution in [0.25, 0.3) is 11.0 Å². The fraction of sp³-hybridized carbons (Fsp3) is 0.640. The van der Waals surface area contributed by atoms with Gasteiger partial charge < -0.3 is 24.1 Å². The van der Waals surface area contributed by atoms with E-state index in [1.807, 2.05) is 24.3 Å². The van der Waals surface area contributed by atoms with Crippen LogP contribution in [0.2, 0.25) is 0 Å². The molecule has 6 rings (SSSR count). The van der Waals surface area contributed by atoms with Crippen LogP contribution < -0.4 is 5.32 Å². The molecule has 1 aromatic heterocycles. The minimum absolute atomic E-state index is 0.0346. The summed E-state index contributed by atoms with van der Waals surface area (Å²) in [5.74, 6) is 1.92. The van der Waals surface area contributed by atoms with Gasteiger partial charge in [0.25, 0.3) is 0 Å².